The number of imide groups is 2. The van der Waals surface area contributed by atoms with E-state index in [0.717, 1.165) is 10.6 Å². The molecule has 2 aliphatic heterocycles. The predicted molar refractivity (Wildman–Crippen MR) is 188 cm³/mol. The number of nitrogens with one attached hydrogen (secondary N) is 1. The topological polar surface area (TPSA) is 116 Å². The molecule has 9 nitrogen and oxygen atoms in total. The van der Waals surface area contributed by atoms with Crippen molar-refractivity contribution in [3.8, 4) is 11.5 Å². The van der Waals surface area contributed by atoms with Crippen LogP contribution in [0.25, 0.3) is 0 Å². The van der Waals surface area contributed by atoms with Crippen molar-refractivity contribution in [3.05, 3.63) is 130 Å². The van der Waals surface area contributed by atoms with E-state index in [1.165, 1.54) is 42.3 Å². The Labute approximate surface area is 302 Å². The van der Waals surface area contributed by atoms with Crippen LogP contribution in [0.2, 0.25) is 10.0 Å². The zero-order valence-corrected chi connectivity index (χ0v) is 28.6. The number of carbonyl (C=O) groups is 4. The monoisotopic (exact) mass is 725 g/mol. The lowest BCUT2D eigenvalue weighted by molar-refractivity contribution is -0.138. The van der Waals surface area contributed by atoms with Crippen molar-refractivity contribution in [2.75, 3.05) is 17.4 Å². The molecule has 2 heterocycles. The molecular formula is C39H30Cl2FN3O6. The van der Waals surface area contributed by atoms with Crippen molar-refractivity contribution in [1.82, 2.24) is 5.01 Å². The van der Waals surface area contributed by atoms with Gasteiger partial charge in [0.05, 0.1) is 41.7 Å². The van der Waals surface area contributed by atoms with E-state index < -0.39 is 58.5 Å². The number of benzene rings is 4. The molecule has 4 aliphatic rings. The van der Waals surface area contributed by atoms with Crippen LogP contribution in [-0.4, -0.2) is 40.9 Å². The minimum absolute atomic E-state index is 0.0773. The van der Waals surface area contributed by atoms with E-state index in [1.54, 1.807) is 60.7 Å². The maximum atomic E-state index is 15.2. The van der Waals surface area contributed by atoms with Gasteiger partial charge in [-0.3, -0.25) is 29.5 Å². The number of rotatable bonds is 6. The first-order valence-electron chi connectivity index (χ1n) is 16.4. The summed E-state index contributed by atoms with van der Waals surface area (Å²) in [5, 5.41) is 12.9. The number of halogens is 3. The number of nitrogens with zero attached hydrogens (tertiary/aromatic N) is 2. The molecule has 6 atom stereocenters. The molecule has 51 heavy (non-hydrogen) atoms. The SMILES string of the molecule is COc1ccc([C@H]2C3=CC[C@@H]4C(=O)N(c5ccc(Cl)cc5)C(=O)[C@@H]4[C@@H]3C[C@H]3C(=O)N(Nc4ccc(F)cc4)C(=O)[C@@]23c2ccc(Cl)cc2)cc1O. The highest BCUT2D eigenvalue weighted by atomic mass is 35.5. The molecule has 4 amide bonds. The van der Waals surface area contributed by atoms with Gasteiger partial charge in [-0.2, -0.15) is 5.01 Å². The first kappa shape index (κ1) is 33.0. The normalized spacial score (nSPS) is 26.8. The van der Waals surface area contributed by atoms with Crippen LogP contribution in [-0.2, 0) is 24.6 Å². The fraction of sp³-hybridized carbons (Fsp3) is 0.231. The van der Waals surface area contributed by atoms with Crippen LogP contribution in [0.15, 0.2) is 103 Å². The fourth-order valence-corrected chi connectivity index (χ4v) is 9.01. The van der Waals surface area contributed by atoms with Crippen molar-refractivity contribution in [2.45, 2.75) is 24.2 Å². The fourth-order valence-electron chi connectivity index (χ4n) is 8.76. The van der Waals surface area contributed by atoms with Gasteiger partial charge in [-0.25, -0.2) is 4.39 Å². The number of amides is 4. The van der Waals surface area contributed by atoms with Gasteiger partial charge in [0.25, 0.3) is 11.8 Å². The number of phenolic OH excluding ortho intramolecular Hbond substituents is 1. The Bertz CT molecular complexity index is 2140. The average molecular weight is 727 g/mol. The zero-order valence-electron chi connectivity index (χ0n) is 27.1. The van der Waals surface area contributed by atoms with Gasteiger partial charge in [0.1, 0.15) is 5.82 Å². The highest BCUT2D eigenvalue weighted by molar-refractivity contribution is 6.31. The van der Waals surface area contributed by atoms with Crippen molar-refractivity contribution in [2.24, 2.45) is 23.7 Å². The Morgan fingerprint density at radius 1 is 0.843 bits per heavy atom. The number of hydrogen-bond acceptors (Lipinski definition) is 7. The average Bonchev–Trinajstić information content (AvgIpc) is 3.50. The molecule has 258 valence electrons. The lowest BCUT2D eigenvalue weighted by Gasteiger charge is -2.50. The summed E-state index contributed by atoms with van der Waals surface area (Å²) in [6.07, 6.45) is 2.23. The second kappa shape index (κ2) is 12.2. The minimum Gasteiger partial charge on any atom is -0.504 e. The van der Waals surface area contributed by atoms with Crippen molar-refractivity contribution >= 4 is 58.2 Å². The lowest BCUT2D eigenvalue weighted by atomic mass is 9.49. The first-order valence-corrected chi connectivity index (χ1v) is 17.2. The van der Waals surface area contributed by atoms with E-state index in [1.807, 2.05) is 6.08 Å². The van der Waals surface area contributed by atoms with Crippen LogP contribution in [0.5, 0.6) is 11.5 Å². The van der Waals surface area contributed by atoms with Gasteiger partial charge in [-0.15, -0.1) is 0 Å². The Morgan fingerprint density at radius 2 is 1.51 bits per heavy atom. The number of methoxy groups -OCH3 is 1. The zero-order chi connectivity index (χ0) is 35.8. The second-order valence-corrected chi connectivity index (χ2v) is 14.2. The largest absolute Gasteiger partial charge is 0.504 e. The summed E-state index contributed by atoms with van der Waals surface area (Å²) in [4.78, 5) is 59.4. The molecule has 2 saturated heterocycles. The third-order valence-electron chi connectivity index (χ3n) is 10.9. The summed E-state index contributed by atoms with van der Waals surface area (Å²) in [6, 6.07) is 23.3. The van der Waals surface area contributed by atoms with E-state index >= 15 is 4.79 Å². The molecule has 0 spiro atoms. The van der Waals surface area contributed by atoms with Crippen LogP contribution < -0.4 is 15.1 Å². The van der Waals surface area contributed by atoms with Crippen molar-refractivity contribution in [3.63, 3.8) is 0 Å². The molecule has 3 fully saturated rings. The van der Waals surface area contributed by atoms with Gasteiger partial charge >= 0.3 is 0 Å². The Kier molecular flexibility index (Phi) is 7.92. The van der Waals surface area contributed by atoms with Crippen molar-refractivity contribution in [1.29, 1.82) is 0 Å². The summed E-state index contributed by atoms with van der Waals surface area (Å²) in [5.74, 6) is -6.30. The third kappa shape index (κ3) is 4.95. The van der Waals surface area contributed by atoms with Crippen molar-refractivity contribution < 1.29 is 33.4 Å². The van der Waals surface area contributed by atoms with E-state index in [0.29, 0.717) is 32.5 Å². The van der Waals surface area contributed by atoms with E-state index in [-0.39, 0.29) is 30.2 Å². The molecule has 0 radical (unpaired) electrons. The van der Waals surface area contributed by atoms with Gasteiger partial charge < -0.3 is 9.84 Å². The molecule has 12 heteroatoms. The van der Waals surface area contributed by atoms with Crippen LogP contribution in [0.1, 0.15) is 29.9 Å². The van der Waals surface area contributed by atoms with Crippen LogP contribution >= 0.6 is 23.2 Å². The molecule has 0 aromatic heterocycles. The molecule has 2 N–H and O–H groups in total. The number of hydrazine groups is 1. The predicted octanol–water partition coefficient (Wildman–Crippen LogP) is 7.04. The Balaban J connectivity index is 1.33. The molecule has 8 rings (SSSR count). The summed E-state index contributed by atoms with van der Waals surface area (Å²) in [5.41, 5.74) is 3.80. The summed E-state index contributed by atoms with van der Waals surface area (Å²) >= 11 is 12.5. The highest BCUT2D eigenvalue weighted by Crippen LogP contribution is 2.64. The Morgan fingerprint density at radius 3 is 2.16 bits per heavy atom. The van der Waals surface area contributed by atoms with E-state index in [2.05, 4.69) is 5.43 Å². The van der Waals surface area contributed by atoms with Gasteiger partial charge in [0.2, 0.25) is 11.8 Å². The number of carbonyl (C=O) groups excluding carboxylic acids is 4. The van der Waals surface area contributed by atoms with Gasteiger partial charge in [-0.05, 0) is 103 Å². The molecule has 2 aliphatic carbocycles. The summed E-state index contributed by atoms with van der Waals surface area (Å²) in [7, 11) is 1.42. The van der Waals surface area contributed by atoms with E-state index in [9.17, 15) is 23.9 Å². The van der Waals surface area contributed by atoms with E-state index in [4.69, 9.17) is 27.9 Å². The first-order chi connectivity index (χ1) is 24.5. The molecule has 0 unspecified atom stereocenters. The number of phenols is 1. The lowest BCUT2D eigenvalue weighted by Crippen LogP contribution is -2.53. The standard InChI is InChI=1S/C39H30Cl2FN3O6/c1-51-32-17-2-20(18-31(32)46)34-27-15-16-28-33(37(49)44(35(28)47)26-13-7-23(41)8-14-26)29(27)19-30-36(48)45(43-25-11-9-24(42)10-12-25)38(50)39(30,34)21-3-5-22(40)6-4-21/h2-15,17-18,28-30,33-34,43,46H,16,19H2,1H3/t28-,29+,30-,33-,34-,39+/m0/s1. The van der Waals surface area contributed by atoms with Gasteiger partial charge in [0.15, 0.2) is 11.5 Å². The molecular weight excluding hydrogens is 696 g/mol. The van der Waals surface area contributed by atoms with Crippen LogP contribution in [0, 0.1) is 29.5 Å². The maximum absolute atomic E-state index is 15.2. The van der Waals surface area contributed by atoms with Gasteiger partial charge in [0, 0.05) is 16.0 Å². The maximum Gasteiger partial charge on any atom is 0.260 e. The molecule has 0 bridgehead atoms. The highest BCUT2D eigenvalue weighted by Gasteiger charge is 2.70. The number of hydrogen-bond donors (Lipinski definition) is 2. The third-order valence-corrected chi connectivity index (χ3v) is 11.4. The minimum atomic E-state index is -1.58. The quantitative estimate of drug-likeness (QED) is 0.162. The number of anilines is 2. The number of fused-ring (bicyclic) bond motifs is 4. The van der Waals surface area contributed by atoms with Crippen LogP contribution in [0.4, 0.5) is 15.8 Å². The summed E-state index contributed by atoms with van der Waals surface area (Å²) < 4.78 is 19.2. The second-order valence-electron chi connectivity index (χ2n) is 13.3. The molecule has 4 aromatic rings. The van der Waals surface area contributed by atoms with Gasteiger partial charge in [-0.1, -0.05) is 53.1 Å². The number of ether oxygens (including phenoxy) is 1. The number of allylic oxidation sites excluding steroid dienone is 2. The van der Waals surface area contributed by atoms with Crippen LogP contribution in [0.3, 0.4) is 0 Å². The summed E-state index contributed by atoms with van der Waals surface area (Å²) in [6.45, 7) is 0. The Hall–Kier alpha value is -5.19. The number of aromatic hydroxyl groups is 1. The molecule has 4 aromatic carbocycles. The molecule has 1 saturated carbocycles. The smallest absolute Gasteiger partial charge is 0.260 e.